The molecule has 1 heterocycles. The summed E-state index contributed by atoms with van der Waals surface area (Å²) in [6.07, 6.45) is 2.21. The van der Waals surface area contributed by atoms with E-state index in [1.807, 2.05) is 25.1 Å². The van der Waals surface area contributed by atoms with Crippen molar-refractivity contribution in [3.8, 4) is 0 Å². The van der Waals surface area contributed by atoms with Crippen molar-refractivity contribution in [1.82, 2.24) is 4.90 Å². The second kappa shape index (κ2) is 6.44. The van der Waals surface area contributed by atoms with E-state index in [1.54, 1.807) is 7.11 Å². The van der Waals surface area contributed by atoms with Crippen molar-refractivity contribution in [3.63, 3.8) is 0 Å². The van der Waals surface area contributed by atoms with Gasteiger partial charge in [-0.1, -0.05) is 29.8 Å². The SMILES string of the molecule is COC1(C)CCCN(C(c2ccccc2Cl)C(C)N)C1. The average Bonchev–Trinajstić information content (AvgIpc) is 2.41. The summed E-state index contributed by atoms with van der Waals surface area (Å²) in [6.45, 7) is 6.15. The highest BCUT2D eigenvalue weighted by molar-refractivity contribution is 6.31. The van der Waals surface area contributed by atoms with Crippen LogP contribution < -0.4 is 5.73 Å². The van der Waals surface area contributed by atoms with E-state index in [9.17, 15) is 0 Å². The quantitative estimate of drug-likeness (QED) is 0.927. The molecule has 1 aromatic carbocycles. The third-order valence-electron chi connectivity index (χ3n) is 4.30. The maximum absolute atomic E-state index is 6.37. The predicted octanol–water partition coefficient (Wildman–Crippen LogP) is 3.23. The zero-order valence-corrected chi connectivity index (χ0v) is 13.4. The van der Waals surface area contributed by atoms with Crippen molar-refractivity contribution in [3.05, 3.63) is 34.9 Å². The maximum Gasteiger partial charge on any atom is 0.0777 e. The second-order valence-electron chi connectivity index (χ2n) is 6.05. The normalized spacial score (nSPS) is 27.2. The van der Waals surface area contributed by atoms with Crippen molar-refractivity contribution >= 4 is 11.6 Å². The molecule has 1 saturated heterocycles. The summed E-state index contributed by atoms with van der Waals surface area (Å²) in [7, 11) is 1.79. The first-order valence-electron chi connectivity index (χ1n) is 7.26. The monoisotopic (exact) mass is 296 g/mol. The van der Waals surface area contributed by atoms with Gasteiger partial charge >= 0.3 is 0 Å². The molecule has 3 atom stereocenters. The zero-order chi connectivity index (χ0) is 14.8. The Hall–Kier alpha value is -0.610. The van der Waals surface area contributed by atoms with E-state index in [0.29, 0.717) is 0 Å². The van der Waals surface area contributed by atoms with Gasteiger partial charge in [0.2, 0.25) is 0 Å². The Morgan fingerprint density at radius 2 is 2.10 bits per heavy atom. The van der Waals surface area contributed by atoms with Crippen LogP contribution in [0.15, 0.2) is 24.3 Å². The van der Waals surface area contributed by atoms with E-state index in [0.717, 1.165) is 36.5 Å². The molecule has 1 fully saturated rings. The first kappa shape index (κ1) is 15.8. The lowest BCUT2D eigenvalue weighted by molar-refractivity contribution is -0.0637. The third-order valence-corrected chi connectivity index (χ3v) is 4.64. The van der Waals surface area contributed by atoms with Crippen LogP contribution in [0.3, 0.4) is 0 Å². The van der Waals surface area contributed by atoms with Crippen molar-refractivity contribution in [2.24, 2.45) is 5.73 Å². The minimum atomic E-state index is -0.0906. The van der Waals surface area contributed by atoms with E-state index in [2.05, 4.69) is 17.9 Å². The number of halogens is 1. The molecule has 2 N–H and O–H groups in total. The van der Waals surface area contributed by atoms with E-state index >= 15 is 0 Å². The highest BCUT2D eigenvalue weighted by atomic mass is 35.5. The van der Waals surface area contributed by atoms with Crippen LogP contribution in [0.25, 0.3) is 0 Å². The molecule has 1 aliphatic rings. The highest BCUT2D eigenvalue weighted by Crippen LogP contribution is 2.34. The first-order chi connectivity index (χ1) is 9.47. The van der Waals surface area contributed by atoms with Crippen LogP contribution in [-0.4, -0.2) is 36.7 Å². The average molecular weight is 297 g/mol. The van der Waals surface area contributed by atoms with Crippen LogP contribution in [0.1, 0.15) is 38.3 Å². The van der Waals surface area contributed by atoms with Gasteiger partial charge < -0.3 is 10.5 Å². The van der Waals surface area contributed by atoms with Gasteiger partial charge in [-0.2, -0.15) is 0 Å². The van der Waals surface area contributed by atoms with E-state index < -0.39 is 0 Å². The standard InChI is InChI=1S/C16H25ClN2O/c1-12(18)15(13-7-4-5-8-14(13)17)19-10-6-9-16(2,11-19)20-3/h4-5,7-8,12,15H,6,9-11,18H2,1-3H3. The molecule has 112 valence electrons. The summed E-state index contributed by atoms with van der Waals surface area (Å²) in [4.78, 5) is 2.42. The molecular weight excluding hydrogens is 272 g/mol. The fourth-order valence-electron chi connectivity index (χ4n) is 3.18. The molecule has 3 unspecified atom stereocenters. The lowest BCUT2D eigenvalue weighted by Gasteiger charge is -2.44. The number of methoxy groups -OCH3 is 1. The number of rotatable bonds is 4. The minimum absolute atomic E-state index is 0.0223. The van der Waals surface area contributed by atoms with Gasteiger partial charge in [0.05, 0.1) is 11.6 Å². The van der Waals surface area contributed by atoms with Gasteiger partial charge in [-0.15, -0.1) is 0 Å². The lowest BCUT2D eigenvalue weighted by atomic mass is 9.90. The number of likely N-dealkylation sites (tertiary alicyclic amines) is 1. The molecule has 4 heteroatoms. The second-order valence-corrected chi connectivity index (χ2v) is 6.46. The van der Waals surface area contributed by atoms with Crippen LogP contribution in [0.5, 0.6) is 0 Å². The number of benzene rings is 1. The van der Waals surface area contributed by atoms with Crippen LogP contribution in [0.4, 0.5) is 0 Å². The number of nitrogens with zero attached hydrogens (tertiary/aromatic N) is 1. The molecule has 0 saturated carbocycles. The summed E-state index contributed by atoms with van der Waals surface area (Å²) in [5.41, 5.74) is 7.28. The molecule has 1 aliphatic heterocycles. The Kier molecular flexibility index (Phi) is 5.08. The van der Waals surface area contributed by atoms with Gasteiger partial charge in [0.1, 0.15) is 0 Å². The predicted molar refractivity (Wildman–Crippen MR) is 84.1 cm³/mol. The molecule has 0 bridgehead atoms. The molecule has 0 radical (unpaired) electrons. The number of hydrogen-bond acceptors (Lipinski definition) is 3. The van der Waals surface area contributed by atoms with Crippen molar-refractivity contribution in [2.75, 3.05) is 20.2 Å². The molecule has 20 heavy (non-hydrogen) atoms. The number of piperidine rings is 1. The summed E-state index contributed by atoms with van der Waals surface area (Å²) in [5, 5.41) is 0.791. The van der Waals surface area contributed by atoms with Crippen LogP contribution in [0.2, 0.25) is 5.02 Å². The molecule has 2 rings (SSSR count). The fourth-order valence-corrected chi connectivity index (χ4v) is 3.42. The van der Waals surface area contributed by atoms with Crippen LogP contribution in [-0.2, 0) is 4.74 Å². The molecule has 0 aromatic heterocycles. The summed E-state index contributed by atoms with van der Waals surface area (Å²) >= 11 is 6.37. The third kappa shape index (κ3) is 3.34. The highest BCUT2D eigenvalue weighted by Gasteiger charge is 2.36. The smallest absolute Gasteiger partial charge is 0.0777 e. The molecular formula is C16H25ClN2O. The molecule has 0 aliphatic carbocycles. The topological polar surface area (TPSA) is 38.5 Å². The largest absolute Gasteiger partial charge is 0.377 e. The van der Waals surface area contributed by atoms with Gasteiger partial charge in [-0.3, -0.25) is 4.90 Å². The minimum Gasteiger partial charge on any atom is -0.377 e. The number of nitrogens with two attached hydrogens (primary N) is 1. The molecule has 3 nitrogen and oxygen atoms in total. The van der Waals surface area contributed by atoms with Crippen molar-refractivity contribution in [2.45, 2.75) is 44.4 Å². The molecule has 1 aromatic rings. The van der Waals surface area contributed by atoms with Crippen molar-refractivity contribution < 1.29 is 4.74 Å². The molecule has 0 amide bonds. The van der Waals surface area contributed by atoms with Gasteiger partial charge in [0.25, 0.3) is 0 Å². The number of ether oxygens (including phenoxy) is 1. The Morgan fingerprint density at radius 1 is 1.40 bits per heavy atom. The van der Waals surface area contributed by atoms with Gasteiger partial charge in [0, 0.05) is 24.7 Å². The Balaban J connectivity index is 2.28. The fraction of sp³-hybridized carbons (Fsp3) is 0.625. The van der Waals surface area contributed by atoms with Gasteiger partial charge in [-0.05, 0) is 44.9 Å². The first-order valence-corrected chi connectivity index (χ1v) is 7.64. The summed E-state index contributed by atoms with van der Waals surface area (Å²) < 4.78 is 5.69. The van der Waals surface area contributed by atoms with Crippen LogP contribution >= 0.6 is 11.6 Å². The Bertz CT molecular complexity index is 452. The molecule has 0 spiro atoms. The van der Waals surface area contributed by atoms with E-state index in [4.69, 9.17) is 22.1 Å². The Labute approximate surface area is 127 Å². The number of hydrogen-bond donors (Lipinski definition) is 1. The van der Waals surface area contributed by atoms with E-state index in [1.165, 1.54) is 0 Å². The summed E-state index contributed by atoms with van der Waals surface area (Å²) in [5.74, 6) is 0. The lowest BCUT2D eigenvalue weighted by Crippen LogP contribution is -2.51. The van der Waals surface area contributed by atoms with Crippen LogP contribution in [0, 0.1) is 0 Å². The Morgan fingerprint density at radius 3 is 2.70 bits per heavy atom. The van der Waals surface area contributed by atoms with E-state index in [-0.39, 0.29) is 17.7 Å². The summed E-state index contributed by atoms with van der Waals surface area (Å²) in [6, 6.07) is 8.16. The van der Waals surface area contributed by atoms with Gasteiger partial charge in [-0.25, -0.2) is 0 Å². The van der Waals surface area contributed by atoms with Gasteiger partial charge in [0.15, 0.2) is 0 Å². The zero-order valence-electron chi connectivity index (χ0n) is 12.6. The van der Waals surface area contributed by atoms with Crippen molar-refractivity contribution in [1.29, 1.82) is 0 Å². The maximum atomic E-state index is 6.37.